The first-order valence-electron chi connectivity index (χ1n) is 11.1. The zero-order valence-corrected chi connectivity index (χ0v) is 19.4. The van der Waals surface area contributed by atoms with Crippen molar-refractivity contribution in [2.75, 3.05) is 31.1 Å². The van der Waals surface area contributed by atoms with Crippen LogP contribution in [0.2, 0.25) is 5.02 Å². The Balaban J connectivity index is 1.78. The first-order chi connectivity index (χ1) is 13.1. The van der Waals surface area contributed by atoms with E-state index in [4.69, 9.17) is 17.3 Å². The van der Waals surface area contributed by atoms with E-state index < -0.39 is 0 Å². The predicted molar refractivity (Wildman–Crippen MR) is 122 cm³/mol. The van der Waals surface area contributed by atoms with E-state index in [0.29, 0.717) is 6.04 Å². The second-order valence-corrected chi connectivity index (χ2v) is 10.9. The summed E-state index contributed by atoms with van der Waals surface area (Å²) in [5.41, 5.74) is 8.78. The molecule has 1 heterocycles. The maximum atomic E-state index is 6.85. The van der Waals surface area contributed by atoms with Crippen molar-refractivity contribution in [2.24, 2.45) is 17.1 Å². The summed E-state index contributed by atoms with van der Waals surface area (Å²) in [6.45, 7) is 16.3. The first kappa shape index (κ1) is 21.9. The van der Waals surface area contributed by atoms with E-state index in [0.717, 1.165) is 36.9 Å². The monoisotopic (exact) mass is 405 g/mol. The molecule has 1 aromatic rings. The quantitative estimate of drug-likeness (QED) is 0.716. The van der Waals surface area contributed by atoms with Gasteiger partial charge in [-0.05, 0) is 75.5 Å². The lowest BCUT2D eigenvalue weighted by Gasteiger charge is -2.49. The molecular weight excluding hydrogens is 366 g/mol. The Morgan fingerprint density at radius 1 is 1.14 bits per heavy atom. The van der Waals surface area contributed by atoms with E-state index in [1.165, 1.54) is 43.6 Å². The highest BCUT2D eigenvalue weighted by atomic mass is 35.5. The average molecular weight is 406 g/mol. The molecule has 0 atom stereocenters. The smallest absolute Gasteiger partial charge is 0.0671 e. The van der Waals surface area contributed by atoms with E-state index in [-0.39, 0.29) is 11.0 Å². The van der Waals surface area contributed by atoms with Crippen LogP contribution in [-0.4, -0.2) is 42.7 Å². The molecular formula is C24H40ClN3. The lowest BCUT2D eigenvalue weighted by molar-refractivity contribution is 0.112. The summed E-state index contributed by atoms with van der Waals surface area (Å²) < 4.78 is 0. The summed E-state index contributed by atoms with van der Waals surface area (Å²) in [5.74, 6) is 0.840. The van der Waals surface area contributed by atoms with Gasteiger partial charge in [-0.25, -0.2) is 0 Å². The van der Waals surface area contributed by atoms with Crippen LogP contribution >= 0.6 is 11.6 Å². The molecule has 0 unspecified atom stereocenters. The minimum Gasteiger partial charge on any atom is -0.364 e. The molecule has 0 spiro atoms. The van der Waals surface area contributed by atoms with Gasteiger partial charge in [0.15, 0.2) is 0 Å². The van der Waals surface area contributed by atoms with Gasteiger partial charge in [0.1, 0.15) is 0 Å². The van der Waals surface area contributed by atoms with Crippen LogP contribution in [0.25, 0.3) is 0 Å². The van der Waals surface area contributed by atoms with E-state index >= 15 is 0 Å². The molecule has 0 radical (unpaired) electrons. The predicted octanol–water partition coefficient (Wildman–Crippen LogP) is 5.35. The minimum absolute atomic E-state index is 0.0757. The topological polar surface area (TPSA) is 32.5 Å². The fraction of sp³-hybridized carbons (Fsp3) is 0.750. The van der Waals surface area contributed by atoms with Crippen molar-refractivity contribution in [3.63, 3.8) is 0 Å². The highest BCUT2D eigenvalue weighted by Gasteiger charge is 2.38. The summed E-state index contributed by atoms with van der Waals surface area (Å²) in [4.78, 5) is 5.26. The van der Waals surface area contributed by atoms with Gasteiger partial charge in [0.2, 0.25) is 0 Å². The van der Waals surface area contributed by atoms with Gasteiger partial charge >= 0.3 is 0 Å². The molecule has 1 saturated heterocycles. The van der Waals surface area contributed by atoms with Crippen LogP contribution in [-0.2, 0) is 6.42 Å². The summed E-state index contributed by atoms with van der Waals surface area (Å²) in [6, 6.07) is 6.98. The van der Waals surface area contributed by atoms with E-state index in [2.05, 4.69) is 62.6 Å². The van der Waals surface area contributed by atoms with Gasteiger partial charge in [-0.1, -0.05) is 44.5 Å². The zero-order valence-electron chi connectivity index (χ0n) is 18.6. The minimum atomic E-state index is 0.0757. The maximum Gasteiger partial charge on any atom is 0.0671 e. The van der Waals surface area contributed by atoms with Gasteiger partial charge in [0.25, 0.3) is 0 Å². The Bertz CT molecular complexity index is 664. The van der Waals surface area contributed by atoms with Gasteiger partial charge in [0, 0.05) is 31.2 Å². The number of hydrogen-bond donors (Lipinski definition) is 1. The molecule has 4 heteroatoms. The molecule has 2 aliphatic rings. The van der Waals surface area contributed by atoms with Crippen molar-refractivity contribution in [1.82, 2.24) is 4.90 Å². The highest BCUT2D eigenvalue weighted by molar-refractivity contribution is 6.34. The van der Waals surface area contributed by atoms with Crippen LogP contribution in [0, 0.1) is 11.3 Å². The summed E-state index contributed by atoms with van der Waals surface area (Å²) in [5, 5.41) is 0.937. The summed E-state index contributed by atoms with van der Waals surface area (Å²) >= 11 is 6.85. The molecule has 0 aromatic heterocycles. The van der Waals surface area contributed by atoms with Crippen LogP contribution < -0.4 is 10.6 Å². The molecule has 2 N–H and O–H groups in total. The molecule has 3 nitrogen and oxygen atoms in total. The molecule has 1 aromatic carbocycles. The fourth-order valence-electron chi connectivity index (χ4n) is 5.62. The molecule has 0 amide bonds. The number of anilines is 1. The van der Waals surface area contributed by atoms with Gasteiger partial charge in [0.05, 0.1) is 10.7 Å². The lowest BCUT2D eigenvalue weighted by Crippen LogP contribution is -2.55. The van der Waals surface area contributed by atoms with E-state index in [1.54, 1.807) is 0 Å². The fourth-order valence-corrected chi connectivity index (χ4v) is 5.99. The summed E-state index contributed by atoms with van der Waals surface area (Å²) in [7, 11) is 0. The molecule has 28 heavy (non-hydrogen) atoms. The second-order valence-electron chi connectivity index (χ2n) is 10.6. The number of halogens is 1. The lowest BCUT2D eigenvalue weighted by atomic mass is 9.76. The first-order valence-corrected chi connectivity index (χ1v) is 11.5. The van der Waals surface area contributed by atoms with Crippen molar-refractivity contribution in [3.8, 4) is 0 Å². The van der Waals surface area contributed by atoms with Crippen LogP contribution in [0.15, 0.2) is 18.2 Å². The second kappa shape index (κ2) is 8.53. The Morgan fingerprint density at radius 3 is 2.50 bits per heavy atom. The Kier molecular flexibility index (Phi) is 6.68. The Morgan fingerprint density at radius 2 is 1.86 bits per heavy atom. The molecule has 3 rings (SSSR count). The number of benzene rings is 1. The Labute approximate surface area is 177 Å². The third-order valence-electron chi connectivity index (χ3n) is 6.79. The molecule has 158 valence electrons. The molecule has 2 fully saturated rings. The van der Waals surface area contributed by atoms with Crippen molar-refractivity contribution in [3.05, 3.63) is 28.8 Å². The normalized spacial score (nSPS) is 27.8. The van der Waals surface area contributed by atoms with Crippen molar-refractivity contribution in [2.45, 2.75) is 78.3 Å². The van der Waals surface area contributed by atoms with Gasteiger partial charge in [-0.2, -0.15) is 0 Å². The van der Waals surface area contributed by atoms with E-state index in [9.17, 15) is 0 Å². The standard InChI is InChI=1S/C24H40ClN3/c1-6-19-8-7-9-21(22(19)25)28-13-12-27(11-10-18-14-20(26)15-18)17-23(2,3)16-24(28,4)5/h7-9,18,20H,6,10-17,26H2,1-5H3/t18-,20+. The van der Waals surface area contributed by atoms with Gasteiger partial charge < -0.3 is 15.5 Å². The number of nitrogens with zero attached hydrogens (tertiary/aromatic N) is 2. The van der Waals surface area contributed by atoms with Crippen molar-refractivity contribution in [1.29, 1.82) is 0 Å². The number of aryl methyl sites for hydroxylation is 1. The number of nitrogens with two attached hydrogens (primary N) is 1. The average Bonchev–Trinajstić information content (AvgIpc) is 2.56. The van der Waals surface area contributed by atoms with Gasteiger partial charge in [-0.3, -0.25) is 0 Å². The van der Waals surface area contributed by atoms with Crippen LogP contribution in [0.3, 0.4) is 0 Å². The SMILES string of the molecule is CCc1cccc(N2CCN(CC[C@H]3C[C@@H](N)C3)CC(C)(C)CC2(C)C)c1Cl. The number of rotatable bonds is 5. The third kappa shape index (κ3) is 5.04. The third-order valence-corrected chi connectivity index (χ3v) is 7.23. The molecule has 1 aliphatic heterocycles. The van der Waals surface area contributed by atoms with Crippen LogP contribution in [0.1, 0.15) is 65.9 Å². The largest absolute Gasteiger partial charge is 0.364 e. The Hall–Kier alpha value is -0.770. The van der Waals surface area contributed by atoms with Crippen molar-refractivity contribution < 1.29 is 0 Å². The highest BCUT2D eigenvalue weighted by Crippen LogP contribution is 2.40. The van der Waals surface area contributed by atoms with E-state index in [1.807, 2.05) is 0 Å². The van der Waals surface area contributed by atoms with Gasteiger partial charge in [-0.15, -0.1) is 0 Å². The summed E-state index contributed by atoms with van der Waals surface area (Å²) in [6.07, 6.45) is 5.85. The molecule has 1 saturated carbocycles. The van der Waals surface area contributed by atoms with Crippen LogP contribution in [0.4, 0.5) is 5.69 Å². The van der Waals surface area contributed by atoms with Crippen molar-refractivity contribution >= 4 is 17.3 Å². The molecule has 0 bridgehead atoms. The maximum absolute atomic E-state index is 6.85. The van der Waals surface area contributed by atoms with Crippen LogP contribution in [0.5, 0.6) is 0 Å². The molecule has 1 aliphatic carbocycles. The number of hydrogen-bond acceptors (Lipinski definition) is 3. The zero-order chi connectivity index (χ0) is 20.5.